The van der Waals surface area contributed by atoms with Crippen LogP contribution < -0.4 is 9.13 Å². The highest BCUT2D eigenvalue weighted by Crippen LogP contribution is 2.15. The van der Waals surface area contributed by atoms with Crippen molar-refractivity contribution >= 4 is 20.2 Å². The quantitative estimate of drug-likeness (QED) is 0.256. The second kappa shape index (κ2) is 17.5. The van der Waals surface area contributed by atoms with Crippen molar-refractivity contribution in [3.8, 4) is 11.1 Å². The minimum atomic E-state index is -3.92. The molecule has 2 rings (SSSR count). The number of unbranched alkanes of at least 4 members (excludes halogenated alkanes) is 6. The summed E-state index contributed by atoms with van der Waals surface area (Å²) in [5, 5.41) is 0. The molecule has 0 radical (unpaired) electrons. The van der Waals surface area contributed by atoms with Gasteiger partial charge in [-0.1, -0.05) is 39.5 Å². The Hall–Kier alpha value is -1.88. The number of aryl methyl sites for hydroxylation is 2. The number of hydrogen-bond donors (Lipinski definition) is 0. The number of rotatable bonds is 11. The molecule has 2 heterocycles. The molecule has 8 nitrogen and oxygen atoms in total. The van der Waals surface area contributed by atoms with Crippen LogP contribution in [0.15, 0.2) is 49.1 Å². The van der Waals surface area contributed by atoms with Gasteiger partial charge in [-0.25, -0.2) is 26.0 Å². The van der Waals surface area contributed by atoms with Crippen LogP contribution in [0.2, 0.25) is 0 Å². The highest BCUT2D eigenvalue weighted by Gasteiger charge is 2.05. The SMILES string of the molecule is CCCCCC[n+]1ccc(-c2cc[n+](CCCCCC)cc2)cc1.CS(=O)(=O)[O-].CS(=O)(=O)[O-]. The van der Waals surface area contributed by atoms with Crippen LogP contribution in [0.1, 0.15) is 65.2 Å². The fourth-order valence-corrected chi connectivity index (χ4v) is 3.04. The average Bonchev–Trinajstić information content (AvgIpc) is 2.73. The van der Waals surface area contributed by atoms with Crippen LogP contribution in [0, 0.1) is 0 Å². The molecule has 0 aromatic carbocycles. The lowest BCUT2D eigenvalue weighted by Gasteiger charge is -2.02. The molecule has 0 unspecified atom stereocenters. The number of nitrogens with zero attached hydrogens (tertiary/aromatic N) is 2. The summed E-state index contributed by atoms with van der Waals surface area (Å²) in [6.45, 7) is 6.78. The summed E-state index contributed by atoms with van der Waals surface area (Å²) < 4.78 is 59.1. The summed E-state index contributed by atoms with van der Waals surface area (Å²) in [4.78, 5) is 0. The molecule has 0 N–H and O–H groups in total. The van der Waals surface area contributed by atoms with E-state index in [2.05, 4.69) is 72.0 Å². The third-order valence-corrected chi connectivity index (χ3v) is 4.66. The summed E-state index contributed by atoms with van der Waals surface area (Å²) in [5.74, 6) is 0. The zero-order valence-corrected chi connectivity index (χ0v) is 22.5. The van der Waals surface area contributed by atoms with E-state index in [0.717, 1.165) is 13.1 Å². The van der Waals surface area contributed by atoms with Gasteiger partial charge < -0.3 is 9.11 Å². The third kappa shape index (κ3) is 21.9. The first kappa shape index (κ1) is 32.1. The second-order valence-electron chi connectivity index (χ2n) is 8.18. The maximum Gasteiger partial charge on any atom is 0.169 e. The first-order chi connectivity index (χ1) is 15.8. The molecule has 0 spiro atoms. The third-order valence-electron chi connectivity index (χ3n) is 4.66. The lowest BCUT2D eigenvalue weighted by molar-refractivity contribution is -0.697. The Morgan fingerprint density at radius 2 is 0.853 bits per heavy atom. The zero-order chi connectivity index (χ0) is 26.0. The van der Waals surface area contributed by atoms with Gasteiger partial charge in [0, 0.05) is 49.6 Å². The van der Waals surface area contributed by atoms with Gasteiger partial charge in [-0.3, -0.25) is 0 Å². The molecule has 0 bridgehead atoms. The van der Waals surface area contributed by atoms with E-state index in [1.807, 2.05) is 0 Å². The predicted octanol–water partition coefficient (Wildman–Crippen LogP) is 3.41. The highest BCUT2D eigenvalue weighted by atomic mass is 32.2. The second-order valence-corrected chi connectivity index (χ2v) is 11.0. The topological polar surface area (TPSA) is 122 Å². The normalized spacial score (nSPS) is 11.1. The van der Waals surface area contributed by atoms with E-state index in [4.69, 9.17) is 25.9 Å². The van der Waals surface area contributed by atoms with E-state index in [0.29, 0.717) is 12.5 Å². The minimum Gasteiger partial charge on any atom is -0.748 e. The zero-order valence-electron chi connectivity index (χ0n) is 20.9. The van der Waals surface area contributed by atoms with Crippen molar-refractivity contribution in [1.29, 1.82) is 0 Å². The molecule has 2 aromatic rings. The van der Waals surface area contributed by atoms with Crippen LogP contribution in [0.25, 0.3) is 11.1 Å². The van der Waals surface area contributed by atoms with Gasteiger partial charge in [-0.05, 0) is 24.0 Å². The van der Waals surface area contributed by atoms with Gasteiger partial charge in [0.2, 0.25) is 0 Å². The van der Waals surface area contributed by atoms with Crippen molar-refractivity contribution in [2.45, 2.75) is 78.3 Å². The van der Waals surface area contributed by atoms with Crippen molar-refractivity contribution < 1.29 is 35.1 Å². The Bertz CT molecular complexity index is 891. The molecule has 0 amide bonds. The van der Waals surface area contributed by atoms with Crippen LogP contribution >= 0.6 is 0 Å². The van der Waals surface area contributed by atoms with Crippen LogP contribution in [-0.4, -0.2) is 38.5 Å². The fraction of sp³-hybridized carbons (Fsp3) is 0.583. The highest BCUT2D eigenvalue weighted by molar-refractivity contribution is 7.85. The van der Waals surface area contributed by atoms with E-state index in [1.165, 1.54) is 62.5 Å². The Balaban J connectivity index is 0.000000916. The van der Waals surface area contributed by atoms with Crippen LogP contribution in [0.5, 0.6) is 0 Å². The standard InChI is InChI=1S/C22H34N2.2CH4O3S/c1-3-5-7-9-15-23-17-11-21(12-18-23)22-13-19-24(20-14-22)16-10-8-6-4-2;2*1-5(2,3)4/h11-14,17-20H,3-10,15-16H2,1-2H3;2*1H3,(H,2,3,4)/q+2;;/p-2. The molecular formula is C24H40N2O6S2. The van der Waals surface area contributed by atoms with Crippen molar-refractivity contribution in [1.82, 2.24) is 0 Å². The van der Waals surface area contributed by atoms with E-state index < -0.39 is 20.2 Å². The first-order valence-corrected chi connectivity index (χ1v) is 15.3. The van der Waals surface area contributed by atoms with Crippen LogP contribution in [0.3, 0.4) is 0 Å². The molecule has 34 heavy (non-hydrogen) atoms. The first-order valence-electron chi connectivity index (χ1n) is 11.6. The van der Waals surface area contributed by atoms with Crippen molar-refractivity contribution in [3.05, 3.63) is 49.1 Å². The molecule has 0 aliphatic heterocycles. The van der Waals surface area contributed by atoms with Gasteiger partial charge in [0.15, 0.2) is 24.8 Å². The van der Waals surface area contributed by atoms with Gasteiger partial charge >= 0.3 is 0 Å². The smallest absolute Gasteiger partial charge is 0.169 e. The van der Waals surface area contributed by atoms with Crippen molar-refractivity contribution in [3.63, 3.8) is 0 Å². The van der Waals surface area contributed by atoms with Crippen LogP contribution in [-0.2, 0) is 33.3 Å². The van der Waals surface area contributed by atoms with E-state index in [-0.39, 0.29) is 0 Å². The number of aromatic nitrogens is 2. The predicted molar refractivity (Wildman–Crippen MR) is 132 cm³/mol. The van der Waals surface area contributed by atoms with Crippen molar-refractivity contribution in [2.24, 2.45) is 0 Å². The van der Waals surface area contributed by atoms with Crippen LogP contribution in [0.4, 0.5) is 0 Å². The lowest BCUT2D eigenvalue weighted by Crippen LogP contribution is -2.33. The molecule has 0 fully saturated rings. The van der Waals surface area contributed by atoms with Crippen molar-refractivity contribution in [2.75, 3.05) is 12.5 Å². The summed E-state index contributed by atoms with van der Waals surface area (Å²) in [6, 6.07) is 8.95. The Labute approximate surface area is 206 Å². The molecule has 0 saturated carbocycles. The molecule has 194 valence electrons. The molecule has 0 saturated heterocycles. The Morgan fingerprint density at radius 3 is 1.09 bits per heavy atom. The average molecular weight is 517 g/mol. The van der Waals surface area contributed by atoms with Gasteiger partial charge in [0.25, 0.3) is 0 Å². The molecule has 0 atom stereocenters. The number of pyridine rings is 2. The Kier molecular flexibility index (Phi) is 16.6. The summed E-state index contributed by atoms with van der Waals surface area (Å²) in [5.41, 5.74) is 2.61. The van der Waals surface area contributed by atoms with E-state index in [9.17, 15) is 0 Å². The number of hydrogen-bond acceptors (Lipinski definition) is 6. The molecule has 2 aromatic heterocycles. The van der Waals surface area contributed by atoms with Gasteiger partial charge in [-0.2, -0.15) is 0 Å². The molecule has 10 heteroatoms. The summed E-state index contributed by atoms with van der Waals surface area (Å²) in [6.07, 6.45) is 20.6. The maximum absolute atomic E-state index is 9.08. The molecule has 0 aliphatic rings. The van der Waals surface area contributed by atoms with E-state index in [1.54, 1.807) is 0 Å². The Morgan fingerprint density at radius 1 is 0.588 bits per heavy atom. The largest absolute Gasteiger partial charge is 0.748 e. The summed E-state index contributed by atoms with van der Waals surface area (Å²) >= 11 is 0. The van der Waals surface area contributed by atoms with Gasteiger partial charge in [0.1, 0.15) is 13.1 Å². The molecule has 0 aliphatic carbocycles. The fourth-order valence-electron chi connectivity index (χ4n) is 3.04. The minimum absolute atomic E-state index is 0.604. The maximum atomic E-state index is 9.08. The summed E-state index contributed by atoms with van der Waals surface area (Å²) in [7, 11) is -7.83. The lowest BCUT2D eigenvalue weighted by atomic mass is 10.1. The van der Waals surface area contributed by atoms with E-state index >= 15 is 0 Å². The van der Waals surface area contributed by atoms with Gasteiger partial charge in [0.05, 0.1) is 20.2 Å². The monoisotopic (exact) mass is 516 g/mol. The molecular weight excluding hydrogens is 476 g/mol. The van der Waals surface area contributed by atoms with Gasteiger partial charge in [-0.15, -0.1) is 0 Å².